The molecule has 0 N–H and O–H groups in total. The Morgan fingerprint density at radius 3 is 2.64 bits per heavy atom. The van der Waals surface area contributed by atoms with Crippen LogP contribution in [0.1, 0.15) is 22.7 Å². The number of sulfone groups is 1. The van der Waals surface area contributed by atoms with Gasteiger partial charge in [-0.1, -0.05) is 18.2 Å². The number of rotatable bonds is 4. The lowest BCUT2D eigenvalue weighted by molar-refractivity contribution is 0.0660. The summed E-state index contributed by atoms with van der Waals surface area (Å²) in [7, 11) is -1.70. The van der Waals surface area contributed by atoms with Gasteiger partial charge in [-0.2, -0.15) is 5.10 Å². The van der Waals surface area contributed by atoms with Crippen LogP contribution in [0.4, 0.5) is 0 Å². The van der Waals surface area contributed by atoms with E-state index in [0.717, 1.165) is 4.68 Å². The Morgan fingerprint density at radius 1 is 1.25 bits per heavy atom. The molecule has 0 aliphatic carbocycles. The number of carbonyl (C=O) groups is 1. The van der Waals surface area contributed by atoms with E-state index in [2.05, 4.69) is 5.10 Å². The monoisotopic (exact) mass is 401 g/mol. The number of carbonyl (C=O) groups excluding carboxylic acids is 1. The van der Waals surface area contributed by atoms with Crippen LogP contribution in [0.2, 0.25) is 0 Å². The molecule has 146 valence electrons. The molecule has 1 unspecified atom stereocenters. The summed E-state index contributed by atoms with van der Waals surface area (Å²) in [5.74, 6) is 0.0709. The first-order chi connectivity index (χ1) is 13.4. The van der Waals surface area contributed by atoms with E-state index in [1.165, 1.54) is 18.2 Å². The van der Waals surface area contributed by atoms with Gasteiger partial charge in [-0.15, -0.1) is 0 Å². The maximum Gasteiger partial charge on any atom is 0.275 e. The number of aryl methyl sites for hydroxylation is 1. The fourth-order valence-electron chi connectivity index (χ4n) is 3.55. The van der Waals surface area contributed by atoms with Crippen molar-refractivity contribution < 1.29 is 17.6 Å². The first kappa shape index (κ1) is 18.4. The van der Waals surface area contributed by atoms with Gasteiger partial charge in [0, 0.05) is 18.5 Å². The van der Waals surface area contributed by atoms with Crippen LogP contribution in [-0.4, -0.2) is 46.6 Å². The van der Waals surface area contributed by atoms with E-state index in [9.17, 15) is 18.0 Å². The maximum atomic E-state index is 13.5. The van der Waals surface area contributed by atoms with Gasteiger partial charge in [0.05, 0.1) is 29.7 Å². The molecule has 1 saturated heterocycles. The van der Waals surface area contributed by atoms with Crippen molar-refractivity contribution in [1.29, 1.82) is 0 Å². The zero-order valence-corrected chi connectivity index (χ0v) is 16.1. The van der Waals surface area contributed by atoms with Crippen molar-refractivity contribution in [1.82, 2.24) is 14.7 Å². The number of aromatic nitrogens is 2. The van der Waals surface area contributed by atoms with Crippen LogP contribution < -0.4 is 5.56 Å². The quantitative estimate of drug-likeness (QED) is 0.654. The number of hydrogen-bond donors (Lipinski definition) is 0. The predicted octanol–water partition coefficient (Wildman–Crippen LogP) is 1.36. The van der Waals surface area contributed by atoms with Crippen molar-refractivity contribution in [2.24, 2.45) is 7.05 Å². The molecule has 1 fully saturated rings. The lowest BCUT2D eigenvalue weighted by Gasteiger charge is -2.27. The highest BCUT2D eigenvalue weighted by Gasteiger charge is 2.36. The molecule has 1 atom stereocenters. The van der Waals surface area contributed by atoms with Crippen molar-refractivity contribution in [3.8, 4) is 0 Å². The average molecular weight is 401 g/mol. The van der Waals surface area contributed by atoms with Gasteiger partial charge in [-0.05, 0) is 24.6 Å². The van der Waals surface area contributed by atoms with Crippen molar-refractivity contribution >= 4 is 26.5 Å². The van der Waals surface area contributed by atoms with Gasteiger partial charge >= 0.3 is 0 Å². The third-order valence-corrected chi connectivity index (χ3v) is 6.73. The van der Waals surface area contributed by atoms with E-state index in [1.807, 2.05) is 0 Å². The topological polar surface area (TPSA) is 102 Å². The molecule has 1 amide bonds. The maximum absolute atomic E-state index is 13.5. The van der Waals surface area contributed by atoms with Crippen LogP contribution in [0.3, 0.4) is 0 Å². The molecule has 9 heteroatoms. The number of fused-ring (bicyclic) bond motifs is 1. The Labute approximate surface area is 161 Å². The minimum atomic E-state index is -3.19. The van der Waals surface area contributed by atoms with E-state index in [-0.39, 0.29) is 29.3 Å². The first-order valence-electron chi connectivity index (χ1n) is 8.85. The van der Waals surface area contributed by atoms with E-state index in [4.69, 9.17) is 4.42 Å². The van der Waals surface area contributed by atoms with Gasteiger partial charge < -0.3 is 9.32 Å². The van der Waals surface area contributed by atoms with Crippen molar-refractivity contribution in [2.75, 3.05) is 11.5 Å². The molecule has 0 bridgehead atoms. The zero-order valence-electron chi connectivity index (χ0n) is 15.2. The van der Waals surface area contributed by atoms with Crippen molar-refractivity contribution in [2.45, 2.75) is 19.0 Å². The predicted molar refractivity (Wildman–Crippen MR) is 103 cm³/mol. The molecule has 4 rings (SSSR count). The standard InChI is InChI=1S/C19H19N3O5S/c1-21-18(23)16-7-3-2-6-15(16)17(20-21)19(24)22(11-14-5-4-9-27-14)13-8-10-28(25,26)12-13/h2-7,9,13H,8,10-12H2,1H3. The number of nitrogens with zero attached hydrogens (tertiary/aromatic N) is 3. The lowest BCUT2D eigenvalue weighted by Crippen LogP contribution is -2.41. The molecule has 1 aliphatic rings. The summed E-state index contributed by atoms with van der Waals surface area (Å²) in [5.41, 5.74) is -0.179. The fraction of sp³-hybridized carbons (Fsp3) is 0.316. The van der Waals surface area contributed by atoms with Crippen LogP contribution in [0.15, 0.2) is 51.9 Å². The smallest absolute Gasteiger partial charge is 0.275 e. The molecule has 1 aliphatic heterocycles. The first-order valence-corrected chi connectivity index (χ1v) is 10.7. The Morgan fingerprint density at radius 2 is 2.00 bits per heavy atom. The van der Waals surface area contributed by atoms with E-state index >= 15 is 0 Å². The Kier molecular flexibility index (Phi) is 4.54. The number of amides is 1. The Hall–Kier alpha value is -2.94. The third-order valence-electron chi connectivity index (χ3n) is 4.98. The van der Waals surface area contributed by atoms with Crippen molar-refractivity contribution in [3.63, 3.8) is 0 Å². The molecule has 3 aromatic rings. The second-order valence-electron chi connectivity index (χ2n) is 6.89. The highest BCUT2D eigenvalue weighted by molar-refractivity contribution is 7.91. The van der Waals surface area contributed by atoms with Gasteiger partial charge in [0.25, 0.3) is 11.5 Å². The molecule has 2 aromatic heterocycles. The van der Waals surface area contributed by atoms with E-state index < -0.39 is 21.8 Å². The summed E-state index contributed by atoms with van der Waals surface area (Å²) < 4.78 is 30.5. The molecular formula is C19H19N3O5S. The Bertz CT molecular complexity index is 1200. The second-order valence-corrected chi connectivity index (χ2v) is 9.12. The van der Waals surface area contributed by atoms with Gasteiger partial charge in [-0.25, -0.2) is 13.1 Å². The summed E-state index contributed by atoms with van der Waals surface area (Å²) >= 11 is 0. The minimum Gasteiger partial charge on any atom is -0.467 e. The third kappa shape index (κ3) is 3.33. The van der Waals surface area contributed by atoms with Crippen molar-refractivity contribution in [3.05, 3.63) is 64.5 Å². The molecule has 8 nitrogen and oxygen atoms in total. The SMILES string of the molecule is Cn1nc(C(=O)N(Cc2ccco2)C2CCS(=O)(=O)C2)c2ccccc2c1=O. The lowest BCUT2D eigenvalue weighted by atomic mass is 10.1. The van der Waals surface area contributed by atoms with Gasteiger partial charge in [0.2, 0.25) is 0 Å². The van der Waals surface area contributed by atoms with Gasteiger partial charge in [0.1, 0.15) is 5.76 Å². The number of hydrogen-bond acceptors (Lipinski definition) is 6. The van der Waals surface area contributed by atoms with Gasteiger partial charge in [-0.3, -0.25) is 9.59 Å². The van der Waals surface area contributed by atoms with Crippen LogP contribution in [0, 0.1) is 0 Å². The second kappa shape index (κ2) is 6.90. The number of furan rings is 1. The fourth-order valence-corrected chi connectivity index (χ4v) is 5.28. The summed E-state index contributed by atoms with van der Waals surface area (Å²) in [6, 6.07) is 9.75. The number of benzene rings is 1. The molecule has 0 radical (unpaired) electrons. The largest absolute Gasteiger partial charge is 0.467 e. The normalized spacial score (nSPS) is 18.4. The molecule has 0 saturated carbocycles. The summed E-state index contributed by atoms with van der Waals surface area (Å²) in [6.45, 7) is 0.130. The summed E-state index contributed by atoms with van der Waals surface area (Å²) in [4.78, 5) is 27.3. The molecule has 1 aromatic carbocycles. The minimum absolute atomic E-state index is 0.0427. The molecular weight excluding hydrogens is 382 g/mol. The van der Waals surface area contributed by atoms with E-state index in [1.54, 1.807) is 36.4 Å². The van der Waals surface area contributed by atoms with Crippen LogP contribution >= 0.6 is 0 Å². The molecule has 28 heavy (non-hydrogen) atoms. The average Bonchev–Trinajstić information content (AvgIpc) is 3.31. The van der Waals surface area contributed by atoms with Gasteiger partial charge in [0.15, 0.2) is 15.5 Å². The molecule has 3 heterocycles. The van der Waals surface area contributed by atoms with Crippen LogP contribution in [0.25, 0.3) is 10.8 Å². The summed E-state index contributed by atoms with van der Waals surface area (Å²) in [6.07, 6.45) is 1.86. The Balaban J connectivity index is 1.81. The zero-order chi connectivity index (χ0) is 19.9. The van der Waals surface area contributed by atoms with E-state index in [0.29, 0.717) is 23.0 Å². The highest BCUT2D eigenvalue weighted by atomic mass is 32.2. The molecule has 0 spiro atoms. The van der Waals surface area contributed by atoms with Crippen LogP contribution in [0.5, 0.6) is 0 Å². The highest BCUT2D eigenvalue weighted by Crippen LogP contribution is 2.24. The summed E-state index contributed by atoms with van der Waals surface area (Å²) in [5, 5.41) is 5.03. The van der Waals surface area contributed by atoms with Crippen LogP contribution in [-0.2, 0) is 23.4 Å².